The summed E-state index contributed by atoms with van der Waals surface area (Å²) in [6, 6.07) is 0. The van der Waals surface area contributed by atoms with E-state index < -0.39 is 0 Å². The van der Waals surface area contributed by atoms with E-state index in [0.29, 0.717) is 0 Å². The topological polar surface area (TPSA) is 62.6 Å². The lowest BCUT2D eigenvalue weighted by Crippen LogP contribution is -2.37. The van der Waals surface area contributed by atoms with Crippen molar-refractivity contribution in [3.63, 3.8) is 0 Å². The number of ether oxygens (including phenoxy) is 1. The van der Waals surface area contributed by atoms with Crippen LogP contribution in [0.2, 0.25) is 0 Å². The van der Waals surface area contributed by atoms with Gasteiger partial charge in [-0.3, -0.25) is 0 Å². The number of morpholine rings is 1. The first kappa shape index (κ1) is 18.0. The molecule has 0 aliphatic carbocycles. The molecule has 8 heteroatoms. The first-order chi connectivity index (χ1) is 13.8. The molecule has 3 aliphatic rings. The van der Waals surface area contributed by atoms with Gasteiger partial charge in [0.1, 0.15) is 5.52 Å². The number of hydrogen-bond donors (Lipinski definition) is 0. The third kappa shape index (κ3) is 3.27. The van der Waals surface area contributed by atoms with Crippen LogP contribution in [-0.2, 0) is 11.8 Å². The van der Waals surface area contributed by atoms with Gasteiger partial charge in [0.05, 0.1) is 13.2 Å². The average molecular weight is 386 g/mol. The molecular formula is C20H31N7O. The lowest BCUT2D eigenvalue weighted by atomic mass is 10.1. The van der Waals surface area contributed by atoms with Gasteiger partial charge in [0.25, 0.3) is 0 Å². The summed E-state index contributed by atoms with van der Waals surface area (Å²) in [5.74, 6) is 2.92. The minimum Gasteiger partial charge on any atom is -0.378 e. The third-order valence-corrected chi connectivity index (χ3v) is 6.27. The molecule has 3 aliphatic heterocycles. The number of nitrogens with zero attached hydrogens (tertiary/aromatic N) is 7. The van der Waals surface area contributed by atoms with Gasteiger partial charge in [0.15, 0.2) is 11.5 Å². The summed E-state index contributed by atoms with van der Waals surface area (Å²) in [5.41, 5.74) is 1.91. The van der Waals surface area contributed by atoms with Crippen LogP contribution >= 0.6 is 0 Å². The molecule has 0 saturated carbocycles. The van der Waals surface area contributed by atoms with E-state index in [1.54, 1.807) is 0 Å². The zero-order chi connectivity index (χ0) is 18.9. The van der Waals surface area contributed by atoms with Crippen LogP contribution < -0.4 is 14.7 Å². The average Bonchev–Trinajstić information content (AvgIpc) is 3.11. The van der Waals surface area contributed by atoms with Gasteiger partial charge in [0.2, 0.25) is 11.9 Å². The standard InChI is InChI=1S/C20H31N7O/c1-24-16-17(22-20(24)27-12-14-28-15-13-27)21-19(26-10-6-3-7-11-26)23-18(16)25-8-4-2-5-9-25/h2-15H2,1H3. The van der Waals surface area contributed by atoms with Gasteiger partial charge >= 0.3 is 0 Å². The summed E-state index contributed by atoms with van der Waals surface area (Å²) >= 11 is 0. The van der Waals surface area contributed by atoms with Crippen molar-refractivity contribution in [1.82, 2.24) is 19.5 Å². The van der Waals surface area contributed by atoms with Crippen LogP contribution in [0.3, 0.4) is 0 Å². The summed E-state index contributed by atoms with van der Waals surface area (Å²) in [6.45, 7) is 7.51. The van der Waals surface area contributed by atoms with E-state index in [0.717, 1.165) is 81.4 Å². The fraction of sp³-hybridized carbons (Fsp3) is 0.750. The van der Waals surface area contributed by atoms with Crippen LogP contribution in [0, 0.1) is 0 Å². The van der Waals surface area contributed by atoms with Crippen molar-refractivity contribution in [2.45, 2.75) is 38.5 Å². The molecule has 8 nitrogen and oxygen atoms in total. The molecule has 3 fully saturated rings. The molecule has 0 unspecified atom stereocenters. The second-order valence-corrected chi connectivity index (χ2v) is 8.19. The fourth-order valence-corrected chi connectivity index (χ4v) is 4.68. The minimum absolute atomic E-state index is 0.757. The Morgan fingerprint density at radius 1 is 0.679 bits per heavy atom. The van der Waals surface area contributed by atoms with Crippen molar-refractivity contribution in [3.8, 4) is 0 Å². The normalized spacial score (nSPS) is 21.5. The smallest absolute Gasteiger partial charge is 0.229 e. The van der Waals surface area contributed by atoms with Crippen molar-refractivity contribution in [1.29, 1.82) is 0 Å². The summed E-state index contributed by atoms with van der Waals surface area (Å²) in [6.07, 6.45) is 7.54. The number of piperidine rings is 2. The molecule has 28 heavy (non-hydrogen) atoms. The van der Waals surface area contributed by atoms with Gasteiger partial charge in [-0.2, -0.15) is 15.0 Å². The van der Waals surface area contributed by atoms with E-state index in [1.165, 1.54) is 38.5 Å². The summed E-state index contributed by atoms with van der Waals surface area (Å²) in [7, 11) is 2.11. The summed E-state index contributed by atoms with van der Waals surface area (Å²) < 4.78 is 7.73. The highest BCUT2D eigenvalue weighted by molar-refractivity contribution is 5.87. The number of aryl methyl sites for hydroxylation is 1. The number of imidazole rings is 1. The molecule has 5 heterocycles. The van der Waals surface area contributed by atoms with Crippen LogP contribution in [0.4, 0.5) is 17.7 Å². The van der Waals surface area contributed by atoms with Gasteiger partial charge in [-0.1, -0.05) is 0 Å². The molecule has 0 aromatic carbocycles. The zero-order valence-corrected chi connectivity index (χ0v) is 16.9. The highest BCUT2D eigenvalue weighted by Crippen LogP contribution is 2.32. The number of rotatable bonds is 3. The molecule has 0 amide bonds. The second kappa shape index (κ2) is 7.73. The Labute approximate surface area is 166 Å². The molecule has 152 valence electrons. The Balaban J connectivity index is 1.60. The number of fused-ring (bicyclic) bond motifs is 1. The summed E-state index contributed by atoms with van der Waals surface area (Å²) in [4.78, 5) is 22.1. The Bertz CT molecular complexity index is 818. The van der Waals surface area contributed by atoms with Gasteiger partial charge < -0.3 is 24.0 Å². The maximum Gasteiger partial charge on any atom is 0.229 e. The highest BCUT2D eigenvalue weighted by Gasteiger charge is 2.26. The van der Waals surface area contributed by atoms with E-state index >= 15 is 0 Å². The van der Waals surface area contributed by atoms with Gasteiger partial charge in [-0.05, 0) is 38.5 Å². The van der Waals surface area contributed by atoms with Crippen LogP contribution in [-0.4, -0.2) is 72.0 Å². The quantitative estimate of drug-likeness (QED) is 0.802. The van der Waals surface area contributed by atoms with Crippen molar-refractivity contribution < 1.29 is 4.74 Å². The number of aromatic nitrogens is 4. The monoisotopic (exact) mass is 385 g/mol. The van der Waals surface area contributed by atoms with Crippen LogP contribution in [0.15, 0.2) is 0 Å². The van der Waals surface area contributed by atoms with Gasteiger partial charge in [-0.15, -0.1) is 0 Å². The van der Waals surface area contributed by atoms with Gasteiger partial charge in [0, 0.05) is 46.3 Å². The maximum absolute atomic E-state index is 5.53. The van der Waals surface area contributed by atoms with Crippen LogP contribution in [0.5, 0.6) is 0 Å². The molecule has 0 atom stereocenters. The Morgan fingerprint density at radius 3 is 2.00 bits per heavy atom. The van der Waals surface area contributed by atoms with E-state index in [1.807, 2.05) is 0 Å². The lowest BCUT2D eigenvalue weighted by molar-refractivity contribution is 0.122. The molecular weight excluding hydrogens is 354 g/mol. The fourth-order valence-electron chi connectivity index (χ4n) is 4.68. The predicted molar refractivity (Wildman–Crippen MR) is 111 cm³/mol. The molecule has 5 rings (SSSR count). The van der Waals surface area contributed by atoms with Crippen molar-refractivity contribution >= 4 is 28.9 Å². The van der Waals surface area contributed by atoms with Crippen molar-refractivity contribution in [2.75, 3.05) is 67.2 Å². The summed E-state index contributed by atoms with van der Waals surface area (Å²) in [5, 5.41) is 0. The molecule has 0 spiro atoms. The van der Waals surface area contributed by atoms with Crippen LogP contribution in [0.25, 0.3) is 11.2 Å². The molecule has 0 N–H and O–H groups in total. The van der Waals surface area contributed by atoms with E-state index in [4.69, 9.17) is 19.7 Å². The number of hydrogen-bond acceptors (Lipinski definition) is 7. The predicted octanol–water partition coefficient (Wildman–Crippen LogP) is 2.18. The molecule has 3 saturated heterocycles. The van der Waals surface area contributed by atoms with Crippen LogP contribution in [0.1, 0.15) is 38.5 Å². The van der Waals surface area contributed by atoms with E-state index in [9.17, 15) is 0 Å². The highest BCUT2D eigenvalue weighted by atomic mass is 16.5. The largest absolute Gasteiger partial charge is 0.378 e. The first-order valence-electron chi connectivity index (χ1n) is 10.9. The molecule has 0 bridgehead atoms. The molecule has 2 aromatic heterocycles. The second-order valence-electron chi connectivity index (χ2n) is 8.19. The Morgan fingerprint density at radius 2 is 1.32 bits per heavy atom. The van der Waals surface area contributed by atoms with E-state index in [-0.39, 0.29) is 0 Å². The van der Waals surface area contributed by atoms with Gasteiger partial charge in [-0.25, -0.2) is 0 Å². The molecule has 2 aromatic rings. The zero-order valence-electron chi connectivity index (χ0n) is 16.9. The Kier molecular flexibility index (Phi) is 4.96. The Hall–Kier alpha value is -2.09. The lowest BCUT2D eigenvalue weighted by Gasteiger charge is -2.31. The SMILES string of the molecule is Cn1c(N2CCOCC2)nc2nc(N3CCCCC3)nc(N3CCCCC3)c21. The maximum atomic E-state index is 5.53. The van der Waals surface area contributed by atoms with Crippen molar-refractivity contribution in [2.24, 2.45) is 7.05 Å². The minimum atomic E-state index is 0.757. The third-order valence-electron chi connectivity index (χ3n) is 6.27. The first-order valence-corrected chi connectivity index (χ1v) is 10.9. The van der Waals surface area contributed by atoms with Crippen molar-refractivity contribution in [3.05, 3.63) is 0 Å². The number of anilines is 3. The van der Waals surface area contributed by atoms with E-state index in [2.05, 4.69) is 26.3 Å². The molecule has 0 radical (unpaired) electrons.